The molecule has 0 bridgehead atoms. The van der Waals surface area contributed by atoms with Crippen molar-refractivity contribution in [1.82, 2.24) is 14.7 Å². The number of nitrogens with zero attached hydrogens (tertiary/aromatic N) is 3. The maximum absolute atomic E-state index is 13.2. The van der Waals surface area contributed by atoms with E-state index in [0.29, 0.717) is 25.1 Å². The lowest BCUT2D eigenvalue weighted by Crippen LogP contribution is -2.33. The molecule has 0 spiro atoms. The first-order valence-corrected chi connectivity index (χ1v) is 7.98. The van der Waals surface area contributed by atoms with E-state index in [1.54, 1.807) is 0 Å². The Balaban J connectivity index is 1.70. The average Bonchev–Trinajstić information content (AvgIpc) is 3.18. The van der Waals surface area contributed by atoms with Crippen LogP contribution in [0, 0.1) is 17.5 Å². The van der Waals surface area contributed by atoms with Crippen LogP contribution in [0.1, 0.15) is 16.9 Å². The van der Waals surface area contributed by atoms with Gasteiger partial charge in [0, 0.05) is 44.0 Å². The number of amides is 3. The Morgan fingerprint density at radius 1 is 1.19 bits per heavy atom. The second kappa shape index (κ2) is 7.27. The van der Waals surface area contributed by atoms with Gasteiger partial charge >= 0.3 is 6.03 Å². The number of aliphatic hydroxyl groups is 1. The Labute approximate surface area is 151 Å². The number of halogens is 3. The summed E-state index contributed by atoms with van der Waals surface area (Å²) in [6.07, 6.45) is -0.0917. The SMILES string of the molecule is Cn1nc(NC(=O)N2CCC(O)C2)cc1C(=O)Nc1cc(F)c(F)c(F)c1. The minimum atomic E-state index is -1.63. The first kappa shape index (κ1) is 18.7. The van der Waals surface area contributed by atoms with Gasteiger partial charge in [-0.15, -0.1) is 0 Å². The number of carbonyl (C=O) groups is 2. The van der Waals surface area contributed by atoms with E-state index in [2.05, 4.69) is 15.7 Å². The van der Waals surface area contributed by atoms with E-state index in [4.69, 9.17) is 0 Å². The normalized spacial score (nSPS) is 16.5. The third-order valence-corrected chi connectivity index (χ3v) is 4.04. The molecule has 11 heteroatoms. The van der Waals surface area contributed by atoms with Crippen LogP contribution in [-0.4, -0.2) is 50.9 Å². The van der Waals surface area contributed by atoms with Crippen molar-refractivity contribution < 1.29 is 27.9 Å². The van der Waals surface area contributed by atoms with Crippen molar-refractivity contribution in [3.05, 3.63) is 41.3 Å². The van der Waals surface area contributed by atoms with Gasteiger partial charge in [-0.1, -0.05) is 0 Å². The third-order valence-electron chi connectivity index (χ3n) is 4.04. The second-order valence-corrected chi connectivity index (χ2v) is 6.07. The average molecular weight is 383 g/mol. The predicted octanol–water partition coefficient (Wildman–Crippen LogP) is 1.69. The Morgan fingerprint density at radius 2 is 1.85 bits per heavy atom. The maximum Gasteiger partial charge on any atom is 0.323 e. The molecule has 2 heterocycles. The molecule has 27 heavy (non-hydrogen) atoms. The fourth-order valence-electron chi connectivity index (χ4n) is 2.68. The number of anilines is 2. The summed E-state index contributed by atoms with van der Waals surface area (Å²) in [4.78, 5) is 25.8. The third kappa shape index (κ3) is 4.03. The van der Waals surface area contributed by atoms with Gasteiger partial charge in [0.2, 0.25) is 0 Å². The van der Waals surface area contributed by atoms with Crippen LogP contribution in [0.2, 0.25) is 0 Å². The smallest absolute Gasteiger partial charge is 0.323 e. The largest absolute Gasteiger partial charge is 0.391 e. The number of rotatable bonds is 3. The highest BCUT2D eigenvalue weighted by Gasteiger charge is 2.25. The van der Waals surface area contributed by atoms with Crippen LogP contribution in [0.3, 0.4) is 0 Å². The van der Waals surface area contributed by atoms with E-state index in [1.165, 1.54) is 22.7 Å². The molecule has 2 aromatic rings. The molecule has 0 aliphatic carbocycles. The fourth-order valence-corrected chi connectivity index (χ4v) is 2.68. The van der Waals surface area contributed by atoms with Gasteiger partial charge < -0.3 is 15.3 Å². The van der Waals surface area contributed by atoms with Gasteiger partial charge in [0.05, 0.1) is 6.10 Å². The van der Waals surface area contributed by atoms with Crippen LogP contribution in [0.25, 0.3) is 0 Å². The number of aliphatic hydroxyl groups excluding tert-OH is 1. The lowest BCUT2D eigenvalue weighted by atomic mass is 10.2. The molecule has 144 valence electrons. The molecule has 1 atom stereocenters. The molecule has 1 saturated heterocycles. The van der Waals surface area contributed by atoms with Gasteiger partial charge in [-0.3, -0.25) is 14.8 Å². The van der Waals surface area contributed by atoms with E-state index < -0.39 is 35.5 Å². The van der Waals surface area contributed by atoms with Crippen LogP contribution in [0.4, 0.5) is 29.5 Å². The van der Waals surface area contributed by atoms with Crippen molar-refractivity contribution in [2.45, 2.75) is 12.5 Å². The van der Waals surface area contributed by atoms with Crippen molar-refractivity contribution in [2.75, 3.05) is 23.7 Å². The Morgan fingerprint density at radius 3 is 2.44 bits per heavy atom. The number of carbonyl (C=O) groups excluding carboxylic acids is 2. The lowest BCUT2D eigenvalue weighted by Gasteiger charge is -2.14. The first-order valence-electron chi connectivity index (χ1n) is 7.98. The molecule has 8 nitrogen and oxygen atoms in total. The molecule has 1 fully saturated rings. The molecule has 1 unspecified atom stereocenters. The number of urea groups is 1. The first-order chi connectivity index (χ1) is 12.7. The van der Waals surface area contributed by atoms with E-state index in [0.717, 1.165) is 0 Å². The zero-order chi connectivity index (χ0) is 19.7. The molecular weight excluding hydrogens is 367 g/mol. The van der Waals surface area contributed by atoms with Crippen molar-refractivity contribution in [3.63, 3.8) is 0 Å². The van der Waals surface area contributed by atoms with Crippen LogP contribution in [0.5, 0.6) is 0 Å². The highest BCUT2D eigenvalue weighted by molar-refractivity contribution is 6.04. The topological polar surface area (TPSA) is 99.5 Å². The summed E-state index contributed by atoms with van der Waals surface area (Å²) >= 11 is 0. The summed E-state index contributed by atoms with van der Waals surface area (Å²) in [6.45, 7) is 0.600. The van der Waals surface area contributed by atoms with Crippen molar-refractivity contribution in [2.24, 2.45) is 7.05 Å². The standard InChI is InChI=1S/C16H16F3N5O3/c1-23-12(15(26)20-8-4-10(17)14(19)11(18)5-8)6-13(22-23)21-16(27)24-3-2-9(25)7-24/h4-6,9,25H,2-3,7H2,1H3,(H,20,26)(H,21,22,27). The summed E-state index contributed by atoms with van der Waals surface area (Å²) in [5.74, 6) is -5.17. The van der Waals surface area contributed by atoms with Crippen LogP contribution in [-0.2, 0) is 7.05 Å². The van der Waals surface area contributed by atoms with Gasteiger partial charge in [0.1, 0.15) is 5.69 Å². The minimum Gasteiger partial charge on any atom is -0.391 e. The summed E-state index contributed by atoms with van der Waals surface area (Å²) < 4.78 is 40.6. The summed E-state index contributed by atoms with van der Waals surface area (Å²) in [7, 11) is 1.44. The van der Waals surface area contributed by atoms with E-state index in [1.807, 2.05) is 0 Å². The Kier molecular flexibility index (Phi) is 5.04. The van der Waals surface area contributed by atoms with Crippen molar-refractivity contribution >= 4 is 23.4 Å². The molecule has 0 radical (unpaired) electrons. The number of aryl methyl sites for hydroxylation is 1. The number of hydrogen-bond acceptors (Lipinski definition) is 4. The van der Waals surface area contributed by atoms with Crippen LogP contribution in [0.15, 0.2) is 18.2 Å². The predicted molar refractivity (Wildman–Crippen MR) is 88.7 cm³/mol. The number of nitrogens with one attached hydrogen (secondary N) is 2. The molecule has 0 saturated carbocycles. The quantitative estimate of drug-likeness (QED) is 0.703. The molecular formula is C16H16F3N5O3. The minimum absolute atomic E-state index is 0.00287. The van der Waals surface area contributed by atoms with Crippen LogP contribution < -0.4 is 10.6 Å². The number of aromatic nitrogens is 2. The van der Waals surface area contributed by atoms with Crippen molar-refractivity contribution in [3.8, 4) is 0 Å². The highest BCUT2D eigenvalue weighted by atomic mass is 19.2. The summed E-state index contributed by atoms with van der Waals surface area (Å²) in [5.41, 5.74) is -0.272. The Hall–Kier alpha value is -3.08. The van der Waals surface area contributed by atoms with E-state index >= 15 is 0 Å². The molecule has 1 aliphatic heterocycles. The molecule has 3 rings (SSSR count). The zero-order valence-corrected chi connectivity index (χ0v) is 14.2. The molecule has 1 aromatic heterocycles. The van der Waals surface area contributed by atoms with Gasteiger partial charge in [-0.25, -0.2) is 18.0 Å². The maximum atomic E-state index is 13.2. The lowest BCUT2D eigenvalue weighted by molar-refractivity contribution is 0.101. The number of β-amino-alcohol motifs (C(OH)–C–C–N with tert-alkyl or cyclic N) is 1. The number of likely N-dealkylation sites (tertiary alicyclic amines) is 1. The van der Waals surface area contributed by atoms with Crippen molar-refractivity contribution in [1.29, 1.82) is 0 Å². The summed E-state index contributed by atoms with van der Waals surface area (Å²) in [5, 5.41) is 18.2. The second-order valence-electron chi connectivity index (χ2n) is 6.07. The summed E-state index contributed by atoms with van der Waals surface area (Å²) in [6, 6.07) is 2.09. The molecule has 3 amide bonds. The fraction of sp³-hybridized carbons (Fsp3) is 0.312. The Bertz CT molecular complexity index is 878. The van der Waals surface area contributed by atoms with E-state index in [9.17, 15) is 27.9 Å². The zero-order valence-electron chi connectivity index (χ0n) is 14.2. The molecule has 3 N–H and O–H groups in total. The monoisotopic (exact) mass is 383 g/mol. The number of hydrogen-bond donors (Lipinski definition) is 3. The number of benzene rings is 1. The van der Waals surface area contributed by atoms with Crippen LogP contribution >= 0.6 is 0 Å². The van der Waals surface area contributed by atoms with E-state index in [-0.39, 0.29) is 23.7 Å². The molecule has 1 aliphatic rings. The highest BCUT2D eigenvalue weighted by Crippen LogP contribution is 2.19. The van der Waals surface area contributed by atoms with Gasteiger partial charge in [0.25, 0.3) is 5.91 Å². The van der Waals surface area contributed by atoms with Gasteiger partial charge in [0.15, 0.2) is 23.3 Å². The van der Waals surface area contributed by atoms with Gasteiger partial charge in [-0.2, -0.15) is 5.10 Å². The van der Waals surface area contributed by atoms with Gasteiger partial charge in [-0.05, 0) is 6.42 Å². The molecule has 1 aromatic carbocycles.